The number of nitrogens with one attached hydrogen (secondary N) is 2. The minimum Gasteiger partial charge on any atom is -0.489 e. The molecule has 1 atom stereocenters. The van der Waals surface area contributed by atoms with Gasteiger partial charge in [-0.3, -0.25) is 39.1 Å². The van der Waals surface area contributed by atoms with Crippen LogP contribution in [0, 0.1) is 22.2 Å². The van der Waals surface area contributed by atoms with Crippen LogP contribution < -0.4 is 25.2 Å². The first-order valence-electron chi connectivity index (χ1n) is 20.0. The third kappa shape index (κ3) is 6.96. The lowest BCUT2D eigenvalue weighted by Crippen LogP contribution is -2.74. The van der Waals surface area contributed by atoms with Gasteiger partial charge in [0.2, 0.25) is 11.8 Å². The number of benzene rings is 3. The number of anilines is 2. The van der Waals surface area contributed by atoms with Gasteiger partial charge in [0, 0.05) is 91.6 Å². The largest absolute Gasteiger partial charge is 0.489 e. The maximum Gasteiger partial charge on any atom is 0.262 e. The number of hydrogen-bond donors (Lipinski definition) is 2. The molecular weight excluding hydrogens is 758 g/mol. The molecule has 3 aromatic rings. The molecule has 0 radical (unpaired) electrons. The van der Waals surface area contributed by atoms with Crippen LogP contribution in [-0.2, 0) is 9.59 Å². The monoisotopic (exact) mass is 805 g/mol. The molecule has 0 bridgehead atoms. The molecule has 8 rings (SSSR count). The Hall–Kier alpha value is -5.45. The Labute approximate surface area is 343 Å². The maximum absolute atomic E-state index is 13.5. The topological polar surface area (TPSA) is 155 Å². The SMILES string of the molecule is CC1(C)[C@H](NC(=O)c2ccc(N3CCC(N4CCN(c5ccc6c(c5)C(=O)N(C5CCC(=O)NC5=O)C6=O)CC4)CC3)cc2)C(C)(C)[C@H]1Oc1ccc(C#N)c(Cl)c1. The van der Waals surface area contributed by atoms with E-state index in [1.54, 1.807) is 30.3 Å². The summed E-state index contributed by atoms with van der Waals surface area (Å²) in [4.78, 5) is 72.3. The Bertz CT molecular complexity index is 2200. The number of amides is 5. The Morgan fingerprint density at radius 1 is 0.810 bits per heavy atom. The summed E-state index contributed by atoms with van der Waals surface area (Å²) in [5.41, 5.74) is 2.85. The molecule has 4 fully saturated rings. The second-order valence-electron chi connectivity index (χ2n) is 17.3. The van der Waals surface area contributed by atoms with E-state index in [-0.39, 0.29) is 47.3 Å². The molecule has 2 N–H and O–H groups in total. The number of fused-ring (bicyclic) bond motifs is 1. The van der Waals surface area contributed by atoms with Gasteiger partial charge in [-0.25, -0.2) is 0 Å². The lowest BCUT2D eigenvalue weighted by atomic mass is 9.49. The zero-order valence-electron chi connectivity index (χ0n) is 33.2. The molecule has 13 nitrogen and oxygen atoms in total. The van der Waals surface area contributed by atoms with Gasteiger partial charge < -0.3 is 19.9 Å². The van der Waals surface area contributed by atoms with Gasteiger partial charge in [0.25, 0.3) is 17.7 Å². The molecule has 5 amide bonds. The van der Waals surface area contributed by atoms with Gasteiger partial charge in [-0.2, -0.15) is 5.26 Å². The molecule has 14 heteroatoms. The van der Waals surface area contributed by atoms with E-state index in [1.165, 1.54) is 0 Å². The second kappa shape index (κ2) is 15.1. The summed E-state index contributed by atoms with van der Waals surface area (Å²) in [5.74, 6) is -1.52. The van der Waals surface area contributed by atoms with E-state index in [4.69, 9.17) is 16.3 Å². The van der Waals surface area contributed by atoms with E-state index >= 15 is 0 Å². The normalized spacial score (nSPS) is 24.5. The van der Waals surface area contributed by atoms with Crippen LogP contribution in [0.3, 0.4) is 0 Å². The van der Waals surface area contributed by atoms with Crippen LogP contribution in [0.15, 0.2) is 60.7 Å². The van der Waals surface area contributed by atoms with Gasteiger partial charge in [-0.1, -0.05) is 39.3 Å². The molecule has 58 heavy (non-hydrogen) atoms. The fourth-order valence-corrected chi connectivity index (χ4v) is 10.3. The van der Waals surface area contributed by atoms with E-state index in [0.29, 0.717) is 33.5 Å². The summed E-state index contributed by atoms with van der Waals surface area (Å²) in [5, 5.41) is 15.1. The Morgan fingerprint density at radius 2 is 1.45 bits per heavy atom. The van der Waals surface area contributed by atoms with E-state index in [2.05, 4.69) is 59.1 Å². The van der Waals surface area contributed by atoms with Crippen molar-refractivity contribution in [1.29, 1.82) is 5.26 Å². The highest BCUT2D eigenvalue weighted by atomic mass is 35.5. The summed E-state index contributed by atoms with van der Waals surface area (Å²) in [6.45, 7) is 13.5. The van der Waals surface area contributed by atoms with Crippen molar-refractivity contribution in [3.05, 3.63) is 87.9 Å². The predicted molar refractivity (Wildman–Crippen MR) is 218 cm³/mol. The van der Waals surface area contributed by atoms with Crippen LogP contribution in [0.5, 0.6) is 5.75 Å². The van der Waals surface area contributed by atoms with Gasteiger partial charge in [-0.15, -0.1) is 0 Å². The van der Waals surface area contributed by atoms with E-state index < -0.39 is 29.7 Å². The number of halogens is 1. The van der Waals surface area contributed by atoms with E-state index in [0.717, 1.165) is 68.4 Å². The molecule has 1 unspecified atom stereocenters. The third-order valence-corrected chi connectivity index (χ3v) is 13.3. The molecule has 302 valence electrons. The Morgan fingerprint density at radius 3 is 2.09 bits per heavy atom. The molecule has 3 aromatic carbocycles. The van der Waals surface area contributed by atoms with Gasteiger partial charge >= 0.3 is 0 Å². The average molecular weight is 806 g/mol. The maximum atomic E-state index is 13.5. The fourth-order valence-electron chi connectivity index (χ4n) is 10.1. The second-order valence-corrected chi connectivity index (χ2v) is 17.7. The minimum atomic E-state index is -0.979. The molecule has 0 spiro atoms. The number of hydrogen-bond acceptors (Lipinski definition) is 10. The molecular formula is C44H48ClN7O6. The van der Waals surface area contributed by atoms with Gasteiger partial charge in [0.1, 0.15) is 24.0 Å². The number of nitrogens with zero attached hydrogens (tertiary/aromatic N) is 5. The van der Waals surface area contributed by atoms with E-state index in [1.807, 2.05) is 30.3 Å². The van der Waals surface area contributed by atoms with Crippen molar-refractivity contribution < 1.29 is 28.7 Å². The molecule has 1 saturated carbocycles. The summed E-state index contributed by atoms with van der Waals surface area (Å²) in [6, 6.07) is 19.7. The standard InChI is InChI=1S/C44H48ClN7O6/c1-43(2)41(44(3,4)42(43)58-31-11-7-27(25-46)34(45)24-31)48-37(54)26-5-8-28(9-6-26)49-17-15-29(16-18-49)50-19-21-51(22-20-50)30-10-12-32-33(23-30)40(57)52(39(32)56)35-13-14-36(53)47-38(35)55/h5-12,23-24,29,35,41-42H,13-22H2,1-4H3,(H,48,54)(H,47,53,55)/t35?,41-,42-. The molecule has 0 aromatic heterocycles. The number of nitriles is 1. The van der Waals surface area contributed by atoms with Crippen LogP contribution in [0.25, 0.3) is 0 Å². The van der Waals surface area contributed by atoms with Crippen LogP contribution in [-0.4, -0.2) is 103 Å². The Balaban J connectivity index is 0.811. The first-order valence-corrected chi connectivity index (χ1v) is 20.4. The summed E-state index contributed by atoms with van der Waals surface area (Å²) in [6.07, 6.45) is 2.08. The highest BCUT2D eigenvalue weighted by molar-refractivity contribution is 6.31. The van der Waals surface area contributed by atoms with Crippen molar-refractivity contribution in [2.24, 2.45) is 10.8 Å². The van der Waals surface area contributed by atoms with Gasteiger partial charge in [0.15, 0.2) is 0 Å². The number of rotatable bonds is 8. The lowest BCUT2D eigenvalue weighted by Gasteiger charge is -2.63. The third-order valence-electron chi connectivity index (χ3n) is 13.0. The van der Waals surface area contributed by atoms with E-state index in [9.17, 15) is 29.2 Å². The Kier molecular flexibility index (Phi) is 10.2. The predicted octanol–water partition coefficient (Wildman–Crippen LogP) is 5.02. The lowest BCUT2D eigenvalue weighted by molar-refractivity contribution is -0.164. The number of carbonyl (C=O) groups excluding carboxylic acids is 5. The van der Waals surface area contributed by atoms with Gasteiger partial charge in [-0.05, 0) is 73.9 Å². The minimum absolute atomic E-state index is 0.0872. The number of ether oxygens (including phenoxy) is 1. The highest BCUT2D eigenvalue weighted by Gasteiger charge is 2.64. The van der Waals surface area contributed by atoms with Crippen LogP contribution in [0.4, 0.5) is 11.4 Å². The summed E-state index contributed by atoms with van der Waals surface area (Å²) < 4.78 is 6.38. The van der Waals surface area contributed by atoms with Crippen molar-refractivity contribution in [1.82, 2.24) is 20.4 Å². The summed E-state index contributed by atoms with van der Waals surface area (Å²) >= 11 is 6.25. The first kappa shape index (κ1) is 39.4. The van der Waals surface area contributed by atoms with Crippen molar-refractivity contribution >= 4 is 52.5 Å². The zero-order valence-corrected chi connectivity index (χ0v) is 34.0. The smallest absolute Gasteiger partial charge is 0.262 e. The van der Waals surface area contributed by atoms with Crippen LogP contribution >= 0.6 is 11.6 Å². The number of piperidine rings is 2. The molecule has 4 aliphatic heterocycles. The quantitative estimate of drug-likeness (QED) is 0.297. The van der Waals surface area contributed by atoms with Crippen molar-refractivity contribution in [3.63, 3.8) is 0 Å². The molecule has 4 heterocycles. The van der Waals surface area contributed by atoms with Crippen molar-refractivity contribution in [3.8, 4) is 11.8 Å². The van der Waals surface area contributed by atoms with Crippen molar-refractivity contribution in [2.45, 2.75) is 77.6 Å². The highest BCUT2D eigenvalue weighted by Crippen LogP contribution is 2.55. The molecule has 3 saturated heterocycles. The fraction of sp³-hybridized carbons (Fsp3) is 0.455. The van der Waals surface area contributed by atoms with Crippen LogP contribution in [0.2, 0.25) is 5.02 Å². The summed E-state index contributed by atoms with van der Waals surface area (Å²) in [7, 11) is 0. The van der Waals surface area contributed by atoms with Crippen LogP contribution in [0.1, 0.15) is 90.0 Å². The zero-order chi connectivity index (χ0) is 41.1. The molecule has 1 aliphatic carbocycles. The average Bonchev–Trinajstić information content (AvgIpc) is 3.46. The van der Waals surface area contributed by atoms with Crippen molar-refractivity contribution in [2.75, 3.05) is 49.1 Å². The molecule has 5 aliphatic rings. The van der Waals surface area contributed by atoms with Gasteiger partial charge in [0.05, 0.1) is 21.7 Å². The number of imide groups is 2. The number of piperazine rings is 1. The first-order chi connectivity index (χ1) is 27.7. The number of carbonyl (C=O) groups is 5.